The maximum atomic E-state index is 5.97. The molecule has 1 saturated heterocycles. The normalized spacial score (nSPS) is 26.9. The molecule has 0 radical (unpaired) electrons. The lowest BCUT2D eigenvalue weighted by molar-refractivity contribution is 0.566. The van der Waals surface area contributed by atoms with Crippen LogP contribution in [0.1, 0.15) is 6.92 Å². The van der Waals surface area contributed by atoms with E-state index in [2.05, 4.69) is 44.4 Å². The van der Waals surface area contributed by atoms with Crippen molar-refractivity contribution in [1.29, 1.82) is 0 Å². The molecule has 1 fully saturated rings. The van der Waals surface area contributed by atoms with E-state index < -0.39 is 0 Å². The zero-order valence-electron chi connectivity index (χ0n) is 8.02. The quantitative estimate of drug-likeness (QED) is 0.782. The van der Waals surface area contributed by atoms with Crippen LogP contribution in [0.15, 0.2) is 12.5 Å². The van der Waals surface area contributed by atoms with Crippen molar-refractivity contribution in [2.45, 2.75) is 13.0 Å². The molecule has 1 aromatic heterocycles. The van der Waals surface area contributed by atoms with Crippen LogP contribution in [-0.2, 0) is 0 Å². The highest BCUT2D eigenvalue weighted by Gasteiger charge is 2.28. The Bertz CT molecular complexity index is 320. The molecule has 4 nitrogen and oxygen atoms in total. The van der Waals surface area contributed by atoms with Gasteiger partial charge in [-0.25, -0.2) is 9.97 Å². The van der Waals surface area contributed by atoms with Gasteiger partial charge in [0.2, 0.25) is 0 Å². The van der Waals surface area contributed by atoms with Crippen molar-refractivity contribution in [1.82, 2.24) is 9.97 Å². The molecule has 0 aliphatic carbocycles. The second kappa shape index (κ2) is 3.98. The number of hydrogen-bond acceptors (Lipinski definition) is 4. The zero-order chi connectivity index (χ0) is 10.1. The van der Waals surface area contributed by atoms with Gasteiger partial charge in [0.1, 0.15) is 12.1 Å². The van der Waals surface area contributed by atoms with Crippen molar-refractivity contribution >= 4 is 28.4 Å². The minimum Gasteiger partial charge on any atom is -0.354 e. The summed E-state index contributed by atoms with van der Waals surface area (Å²) in [5, 5.41) is 0. The first-order chi connectivity index (χ1) is 6.68. The Labute approximate surface area is 97.1 Å². The van der Waals surface area contributed by atoms with Crippen molar-refractivity contribution in [3.05, 3.63) is 16.1 Å². The van der Waals surface area contributed by atoms with E-state index in [1.54, 1.807) is 6.33 Å². The van der Waals surface area contributed by atoms with Gasteiger partial charge in [-0.05, 0) is 28.5 Å². The minimum atomic E-state index is 0.265. The average molecular weight is 304 g/mol. The van der Waals surface area contributed by atoms with E-state index in [0.29, 0.717) is 5.92 Å². The Morgan fingerprint density at radius 3 is 2.93 bits per heavy atom. The van der Waals surface area contributed by atoms with Crippen molar-refractivity contribution in [3.63, 3.8) is 0 Å². The molecule has 0 saturated carbocycles. The molecule has 1 aromatic rings. The molecular formula is C9H13IN4. The second-order valence-electron chi connectivity index (χ2n) is 3.74. The molecule has 1 aliphatic heterocycles. The summed E-state index contributed by atoms with van der Waals surface area (Å²) in [6.45, 7) is 4.07. The van der Waals surface area contributed by atoms with Gasteiger partial charge in [-0.2, -0.15) is 0 Å². The number of aromatic nitrogens is 2. The summed E-state index contributed by atoms with van der Waals surface area (Å²) in [5.41, 5.74) is 5.97. The highest BCUT2D eigenvalue weighted by molar-refractivity contribution is 14.1. The highest BCUT2D eigenvalue weighted by atomic mass is 127. The Balaban J connectivity index is 2.21. The molecule has 2 N–H and O–H groups in total. The summed E-state index contributed by atoms with van der Waals surface area (Å²) in [6, 6.07) is 0.265. The molecule has 0 amide bonds. The van der Waals surface area contributed by atoms with Gasteiger partial charge >= 0.3 is 0 Å². The third-order valence-electron chi connectivity index (χ3n) is 2.62. The summed E-state index contributed by atoms with van der Waals surface area (Å²) in [5.74, 6) is 1.56. The first-order valence-corrected chi connectivity index (χ1v) is 5.72. The summed E-state index contributed by atoms with van der Waals surface area (Å²) < 4.78 is 1.09. The van der Waals surface area contributed by atoms with Crippen LogP contribution in [0.5, 0.6) is 0 Å². The maximum Gasteiger partial charge on any atom is 0.145 e. The van der Waals surface area contributed by atoms with E-state index in [4.69, 9.17) is 5.73 Å². The second-order valence-corrected chi connectivity index (χ2v) is 4.90. The molecule has 14 heavy (non-hydrogen) atoms. The lowest BCUT2D eigenvalue weighted by Gasteiger charge is -2.17. The van der Waals surface area contributed by atoms with E-state index >= 15 is 0 Å². The van der Waals surface area contributed by atoms with E-state index in [9.17, 15) is 0 Å². The van der Waals surface area contributed by atoms with E-state index in [0.717, 1.165) is 22.5 Å². The molecule has 2 atom stereocenters. The molecule has 5 heteroatoms. The number of nitrogens with two attached hydrogens (primary N) is 1. The fourth-order valence-corrected chi connectivity index (χ4v) is 2.35. The number of halogens is 1. The molecule has 2 rings (SSSR count). The fraction of sp³-hybridized carbons (Fsp3) is 0.556. The summed E-state index contributed by atoms with van der Waals surface area (Å²) in [4.78, 5) is 10.5. The van der Waals surface area contributed by atoms with Crippen LogP contribution in [0, 0.1) is 9.49 Å². The largest absolute Gasteiger partial charge is 0.354 e. The van der Waals surface area contributed by atoms with Gasteiger partial charge in [-0.15, -0.1) is 0 Å². The van der Waals surface area contributed by atoms with Gasteiger partial charge in [0, 0.05) is 25.3 Å². The minimum absolute atomic E-state index is 0.265. The Kier molecular flexibility index (Phi) is 2.87. The highest BCUT2D eigenvalue weighted by Crippen LogP contribution is 2.24. The predicted octanol–water partition coefficient (Wildman–Crippen LogP) is 0.865. The molecule has 2 unspecified atom stereocenters. The van der Waals surface area contributed by atoms with Gasteiger partial charge in [-0.1, -0.05) is 6.92 Å². The van der Waals surface area contributed by atoms with Crippen LogP contribution in [0.25, 0.3) is 0 Å². The average Bonchev–Trinajstić information content (AvgIpc) is 2.48. The first-order valence-electron chi connectivity index (χ1n) is 4.64. The Hall–Kier alpha value is -0.430. The van der Waals surface area contributed by atoms with Gasteiger partial charge < -0.3 is 10.6 Å². The smallest absolute Gasteiger partial charge is 0.145 e. The molecule has 0 aromatic carbocycles. The predicted molar refractivity (Wildman–Crippen MR) is 64.1 cm³/mol. The van der Waals surface area contributed by atoms with Crippen LogP contribution in [-0.4, -0.2) is 29.1 Å². The number of nitrogens with zero attached hydrogens (tertiary/aromatic N) is 3. The number of hydrogen-bond donors (Lipinski definition) is 1. The van der Waals surface area contributed by atoms with Crippen molar-refractivity contribution < 1.29 is 0 Å². The third-order valence-corrected chi connectivity index (χ3v) is 3.38. The molecule has 76 valence electrons. The SMILES string of the molecule is CC1CN(c2ncncc2I)CC1N. The summed E-state index contributed by atoms with van der Waals surface area (Å²) in [6.07, 6.45) is 3.42. The zero-order valence-corrected chi connectivity index (χ0v) is 10.2. The summed E-state index contributed by atoms with van der Waals surface area (Å²) in [7, 11) is 0. The molecule has 0 spiro atoms. The molecule has 1 aliphatic rings. The van der Waals surface area contributed by atoms with Crippen LogP contribution >= 0.6 is 22.6 Å². The van der Waals surface area contributed by atoms with E-state index in [-0.39, 0.29) is 6.04 Å². The van der Waals surface area contributed by atoms with E-state index in [1.807, 2.05) is 6.20 Å². The topological polar surface area (TPSA) is 55.0 Å². The molecule has 0 bridgehead atoms. The van der Waals surface area contributed by atoms with Crippen LogP contribution < -0.4 is 10.6 Å². The van der Waals surface area contributed by atoms with Crippen LogP contribution in [0.3, 0.4) is 0 Å². The van der Waals surface area contributed by atoms with Gasteiger partial charge in [0.25, 0.3) is 0 Å². The molecular weight excluding hydrogens is 291 g/mol. The lowest BCUT2D eigenvalue weighted by Crippen LogP contribution is -2.29. The summed E-state index contributed by atoms with van der Waals surface area (Å²) >= 11 is 2.26. The van der Waals surface area contributed by atoms with Crippen molar-refractivity contribution in [2.24, 2.45) is 11.7 Å². The number of anilines is 1. The van der Waals surface area contributed by atoms with E-state index in [1.165, 1.54) is 0 Å². The van der Waals surface area contributed by atoms with Gasteiger partial charge in [-0.3, -0.25) is 0 Å². The first kappa shape index (κ1) is 10.1. The van der Waals surface area contributed by atoms with Gasteiger partial charge in [0.15, 0.2) is 0 Å². The maximum absolute atomic E-state index is 5.97. The Morgan fingerprint density at radius 1 is 1.57 bits per heavy atom. The lowest BCUT2D eigenvalue weighted by atomic mass is 10.1. The number of rotatable bonds is 1. The van der Waals surface area contributed by atoms with Gasteiger partial charge in [0.05, 0.1) is 3.57 Å². The van der Waals surface area contributed by atoms with Crippen molar-refractivity contribution in [3.8, 4) is 0 Å². The van der Waals surface area contributed by atoms with Crippen molar-refractivity contribution in [2.75, 3.05) is 18.0 Å². The van der Waals surface area contributed by atoms with Crippen LogP contribution in [0.4, 0.5) is 5.82 Å². The van der Waals surface area contributed by atoms with Crippen LogP contribution in [0.2, 0.25) is 0 Å². The fourth-order valence-electron chi connectivity index (χ4n) is 1.70. The standard InChI is InChI=1S/C9H13IN4/c1-6-3-14(4-8(6)11)9-7(10)2-12-5-13-9/h2,5-6,8H,3-4,11H2,1H3. The molecule has 2 heterocycles. The Morgan fingerprint density at radius 2 is 2.36 bits per heavy atom. The third kappa shape index (κ3) is 1.83. The monoisotopic (exact) mass is 304 g/mol.